The lowest BCUT2D eigenvalue weighted by Crippen LogP contribution is -2.40. The Bertz CT molecular complexity index is 903. The summed E-state index contributed by atoms with van der Waals surface area (Å²) in [6.45, 7) is 1.61. The van der Waals surface area contributed by atoms with Crippen molar-refractivity contribution in [1.82, 2.24) is 0 Å². The fraction of sp³-hybridized carbons (Fsp3) is 0.368. The van der Waals surface area contributed by atoms with Crippen LogP contribution < -0.4 is 5.73 Å². The topological polar surface area (TPSA) is 83.6 Å². The van der Waals surface area contributed by atoms with Gasteiger partial charge in [0.15, 0.2) is 0 Å². The van der Waals surface area contributed by atoms with Gasteiger partial charge in [-0.1, -0.05) is 35.5 Å². The molecule has 2 aromatic carbocycles. The lowest BCUT2D eigenvalue weighted by molar-refractivity contribution is -0.137. The first kappa shape index (κ1) is 24.3. The van der Waals surface area contributed by atoms with Crippen LogP contribution in [0.25, 0.3) is 0 Å². The molecule has 0 amide bonds. The van der Waals surface area contributed by atoms with Gasteiger partial charge in [0.1, 0.15) is 0 Å². The zero-order valence-corrected chi connectivity index (χ0v) is 18.1. The maximum absolute atomic E-state index is 12.8. The largest absolute Gasteiger partial charge is 0.416 e. The monoisotopic (exact) mass is 467 g/mol. The Morgan fingerprint density at radius 3 is 2.45 bits per heavy atom. The van der Waals surface area contributed by atoms with Crippen molar-refractivity contribution in [3.05, 3.63) is 58.6 Å². The number of rotatable bonds is 8. The van der Waals surface area contributed by atoms with Crippen molar-refractivity contribution >= 4 is 31.0 Å². The molecule has 1 atom stereocenters. The standard InChI is InChI=1S/C19H22ClF3NO3PS/c1-18(24,12-28(25,26)27)9-3-4-13-7-8-17(16(20)10-13)29-15-6-2-5-14(11-15)19(21,22)23/h2,5-8,10-11H,3-4,9,12,24H2,1H3,(H2,25,26,27)/t18-/m1/s1. The van der Waals surface area contributed by atoms with Gasteiger partial charge in [0, 0.05) is 15.3 Å². The number of alkyl halides is 3. The van der Waals surface area contributed by atoms with Crippen molar-refractivity contribution in [2.45, 2.75) is 47.7 Å². The van der Waals surface area contributed by atoms with Crippen LogP contribution in [0.5, 0.6) is 0 Å². The minimum Gasteiger partial charge on any atom is -0.325 e. The summed E-state index contributed by atoms with van der Waals surface area (Å²) in [4.78, 5) is 19.2. The van der Waals surface area contributed by atoms with Crippen LogP contribution in [-0.4, -0.2) is 21.5 Å². The van der Waals surface area contributed by atoms with Crippen molar-refractivity contribution in [3.63, 3.8) is 0 Å². The van der Waals surface area contributed by atoms with Gasteiger partial charge in [-0.25, -0.2) is 0 Å². The minimum absolute atomic E-state index is 0.382. The van der Waals surface area contributed by atoms with Crippen LogP contribution in [0, 0.1) is 0 Å². The molecular formula is C19H22ClF3NO3PS. The van der Waals surface area contributed by atoms with Gasteiger partial charge >= 0.3 is 13.8 Å². The van der Waals surface area contributed by atoms with E-state index in [-0.39, 0.29) is 6.16 Å². The number of hydrogen-bond acceptors (Lipinski definition) is 3. The summed E-state index contributed by atoms with van der Waals surface area (Å²) in [5.74, 6) is 0. The van der Waals surface area contributed by atoms with Gasteiger partial charge in [0.2, 0.25) is 0 Å². The molecule has 0 unspecified atom stereocenters. The SMILES string of the molecule is C[C@@](N)(CCCc1ccc(Sc2cccc(C(F)(F)F)c2)c(Cl)c1)CP(=O)(O)O. The number of aryl methyl sites for hydroxylation is 1. The van der Waals surface area contributed by atoms with Gasteiger partial charge in [0.25, 0.3) is 0 Å². The Hall–Kier alpha value is -1.02. The van der Waals surface area contributed by atoms with E-state index in [1.807, 2.05) is 6.07 Å². The normalized spacial score (nSPS) is 14.6. The molecule has 160 valence electrons. The van der Waals surface area contributed by atoms with E-state index in [1.165, 1.54) is 6.07 Å². The van der Waals surface area contributed by atoms with Crippen LogP contribution >= 0.6 is 31.0 Å². The predicted molar refractivity (Wildman–Crippen MR) is 109 cm³/mol. The molecule has 0 aliphatic rings. The molecule has 2 aromatic rings. The van der Waals surface area contributed by atoms with E-state index in [1.54, 1.807) is 25.1 Å². The van der Waals surface area contributed by atoms with Crippen molar-refractivity contribution in [1.29, 1.82) is 0 Å². The van der Waals surface area contributed by atoms with Gasteiger partial charge < -0.3 is 15.5 Å². The molecule has 0 bridgehead atoms. The number of nitrogens with two attached hydrogens (primary N) is 1. The van der Waals surface area contributed by atoms with Gasteiger partial charge in [0.05, 0.1) is 16.7 Å². The molecule has 0 heterocycles. The second-order valence-corrected chi connectivity index (χ2v) is 10.4. The molecule has 10 heteroatoms. The molecule has 0 aliphatic heterocycles. The number of halogens is 4. The molecule has 0 aromatic heterocycles. The second kappa shape index (κ2) is 9.41. The van der Waals surface area contributed by atoms with Crippen molar-refractivity contribution in [3.8, 4) is 0 Å². The molecule has 0 saturated heterocycles. The summed E-state index contributed by atoms with van der Waals surface area (Å²) >= 11 is 7.44. The summed E-state index contributed by atoms with van der Waals surface area (Å²) in [5.41, 5.74) is 5.18. The lowest BCUT2D eigenvalue weighted by atomic mass is 9.96. The highest BCUT2D eigenvalue weighted by atomic mass is 35.5. The summed E-state index contributed by atoms with van der Waals surface area (Å²) in [7, 11) is -4.18. The average Bonchev–Trinajstić information content (AvgIpc) is 2.54. The number of hydrogen-bond donors (Lipinski definition) is 3. The average molecular weight is 468 g/mol. The molecule has 0 radical (unpaired) electrons. The van der Waals surface area contributed by atoms with Crippen LogP contribution in [-0.2, 0) is 17.2 Å². The maximum Gasteiger partial charge on any atom is 0.416 e. The molecule has 2 rings (SSSR count). The summed E-state index contributed by atoms with van der Waals surface area (Å²) < 4.78 is 49.7. The Morgan fingerprint density at radius 1 is 1.17 bits per heavy atom. The first-order valence-electron chi connectivity index (χ1n) is 8.72. The third-order valence-electron chi connectivity index (χ3n) is 4.17. The molecule has 4 N–H and O–H groups in total. The smallest absolute Gasteiger partial charge is 0.325 e. The summed E-state index contributed by atoms with van der Waals surface area (Å²) in [5, 5.41) is 0.427. The first-order valence-corrected chi connectivity index (χ1v) is 11.7. The van der Waals surface area contributed by atoms with E-state index in [4.69, 9.17) is 27.1 Å². The van der Waals surface area contributed by atoms with Gasteiger partial charge in [-0.2, -0.15) is 13.2 Å². The van der Waals surface area contributed by atoms with Crippen LogP contribution in [0.3, 0.4) is 0 Å². The number of benzene rings is 2. The molecule has 4 nitrogen and oxygen atoms in total. The van der Waals surface area contributed by atoms with Crippen LogP contribution in [0.2, 0.25) is 5.02 Å². The zero-order chi connectivity index (χ0) is 21.9. The Labute approximate surface area is 176 Å². The maximum atomic E-state index is 12.8. The van der Waals surface area contributed by atoms with Crippen molar-refractivity contribution in [2.75, 3.05) is 6.16 Å². The first-order chi connectivity index (χ1) is 13.3. The lowest BCUT2D eigenvalue weighted by Gasteiger charge is -2.24. The van der Waals surface area contributed by atoms with E-state index < -0.39 is 24.9 Å². The van der Waals surface area contributed by atoms with E-state index in [0.717, 1.165) is 29.5 Å². The zero-order valence-electron chi connectivity index (χ0n) is 15.6. The van der Waals surface area contributed by atoms with E-state index >= 15 is 0 Å². The highest BCUT2D eigenvalue weighted by Gasteiger charge is 2.30. The Morgan fingerprint density at radius 2 is 1.86 bits per heavy atom. The minimum atomic E-state index is -4.40. The summed E-state index contributed by atoms with van der Waals surface area (Å²) in [6, 6.07) is 10.4. The fourth-order valence-electron chi connectivity index (χ4n) is 2.89. The molecule has 29 heavy (non-hydrogen) atoms. The summed E-state index contributed by atoms with van der Waals surface area (Å²) in [6.07, 6.45) is -3.13. The second-order valence-electron chi connectivity index (χ2n) is 7.22. The molecular weight excluding hydrogens is 446 g/mol. The Kier molecular flexibility index (Phi) is 7.87. The highest BCUT2D eigenvalue weighted by Crippen LogP contribution is 2.39. The molecule has 0 spiro atoms. The molecule has 0 aliphatic carbocycles. The van der Waals surface area contributed by atoms with Crippen LogP contribution in [0.15, 0.2) is 52.3 Å². The predicted octanol–water partition coefficient (Wildman–Crippen LogP) is 5.73. The quantitative estimate of drug-likeness (QED) is 0.432. The van der Waals surface area contributed by atoms with Gasteiger partial charge in [-0.15, -0.1) is 0 Å². The third kappa shape index (κ3) is 8.32. The Balaban J connectivity index is 1.99. The van der Waals surface area contributed by atoms with Crippen LogP contribution in [0.1, 0.15) is 30.9 Å². The fourth-order valence-corrected chi connectivity index (χ4v) is 5.19. The van der Waals surface area contributed by atoms with E-state index in [9.17, 15) is 17.7 Å². The van der Waals surface area contributed by atoms with Gasteiger partial charge in [-0.3, -0.25) is 4.57 Å². The van der Waals surface area contributed by atoms with E-state index in [2.05, 4.69) is 0 Å². The third-order valence-corrected chi connectivity index (χ3v) is 6.79. The van der Waals surface area contributed by atoms with Crippen LogP contribution in [0.4, 0.5) is 13.2 Å². The van der Waals surface area contributed by atoms with Crippen molar-refractivity contribution in [2.24, 2.45) is 5.73 Å². The van der Waals surface area contributed by atoms with Gasteiger partial charge in [-0.05, 0) is 62.1 Å². The van der Waals surface area contributed by atoms with E-state index in [0.29, 0.717) is 34.1 Å². The highest BCUT2D eigenvalue weighted by molar-refractivity contribution is 7.99. The van der Waals surface area contributed by atoms with Crippen molar-refractivity contribution < 1.29 is 27.5 Å². The molecule has 0 fully saturated rings. The molecule has 0 saturated carbocycles.